The highest BCUT2D eigenvalue weighted by Crippen LogP contribution is 2.18. The fourth-order valence-corrected chi connectivity index (χ4v) is 3.28. The summed E-state index contributed by atoms with van der Waals surface area (Å²) in [5.41, 5.74) is 10.8. The number of aliphatic carboxylic acids is 2. The predicted octanol–water partition coefficient (Wildman–Crippen LogP) is 1.86. The maximum atomic E-state index is 10.4. The summed E-state index contributed by atoms with van der Waals surface area (Å²) in [5, 5.41) is 17.1. The zero-order valence-electron chi connectivity index (χ0n) is 17.3. The number of nitrogens with two attached hydrogens (primary N) is 2. The summed E-state index contributed by atoms with van der Waals surface area (Å²) in [5.74, 6) is -1.82. The Morgan fingerprint density at radius 3 is 1.86 bits per heavy atom. The number of unbranched alkanes of at least 4 members (excludes halogenated alkanes) is 3. The molecule has 0 aliphatic carbocycles. The standard InChI is InChI=1S/C10H19NO4.C10H19NO3/c11-8(10(12)13)4-2-1-3-5-9-14-6-7-15-9;11-9(10(12)13)6-2-1-4-8-5-3-7-14-8/h8-9H,1-7,11H2,(H,12,13);8-9H,1-7,11H2,(H,12,13). The van der Waals surface area contributed by atoms with Crippen molar-refractivity contribution in [3.63, 3.8) is 0 Å². The second-order valence-electron chi connectivity index (χ2n) is 7.62. The largest absolute Gasteiger partial charge is 0.480 e. The van der Waals surface area contributed by atoms with E-state index in [1.165, 1.54) is 6.42 Å². The Hall–Kier alpha value is -1.26. The molecule has 2 rings (SSSR count). The van der Waals surface area contributed by atoms with Gasteiger partial charge in [0, 0.05) is 6.61 Å². The molecule has 6 N–H and O–H groups in total. The van der Waals surface area contributed by atoms with Gasteiger partial charge in [-0.1, -0.05) is 25.7 Å². The third kappa shape index (κ3) is 12.8. The normalized spacial score (nSPS) is 21.4. The Labute approximate surface area is 173 Å². The molecule has 2 aliphatic heterocycles. The number of rotatable bonds is 13. The average molecular weight is 419 g/mol. The third-order valence-corrected chi connectivity index (χ3v) is 5.10. The van der Waals surface area contributed by atoms with Gasteiger partial charge in [0.15, 0.2) is 6.29 Å². The molecule has 170 valence electrons. The molecule has 29 heavy (non-hydrogen) atoms. The SMILES string of the molecule is NC(CCCCC1CCCO1)C(=O)O.NC(CCCCCC1OCCO1)C(=O)O. The van der Waals surface area contributed by atoms with Gasteiger partial charge in [-0.25, -0.2) is 0 Å². The Balaban J connectivity index is 0.000000291. The van der Waals surface area contributed by atoms with Gasteiger partial charge in [0.1, 0.15) is 12.1 Å². The van der Waals surface area contributed by atoms with E-state index >= 15 is 0 Å². The lowest BCUT2D eigenvalue weighted by atomic mass is 10.1. The van der Waals surface area contributed by atoms with Crippen LogP contribution in [0.5, 0.6) is 0 Å². The van der Waals surface area contributed by atoms with E-state index in [1.807, 2.05) is 0 Å². The molecular weight excluding hydrogens is 380 g/mol. The van der Waals surface area contributed by atoms with E-state index in [-0.39, 0.29) is 6.29 Å². The molecule has 2 heterocycles. The van der Waals surface area contributed by atoms with E-state index in [4.69, 9.17) is 35.9 Å². The van der Waals surface area contributed by atoms with Crippen LogP contribution in [0.1, 0.15) is 70.6 Å². The molecule has 0 bridgehead atoms. The molecule has 2 saturated heterocycles. The van der Waals surface area contributed by atoms with Crippen LogP contribution in [0.3, 0.4) is 0 Å². The van der Waals surface area contributed by atoms with Crippen LogP contribution in [-0.4, -0.2) is 66.4 Å². The van der Waals surface area contributed by atoms with Crippen LogP contribution in [-0.2, 0) is 23.8 Å². The third-order valence-electron chi connectivity index (χ3n) is 5.10. The highest BCUT2D eigenvalue weighted by atomic mass is 16.7. The van der Waals surface area contributed by atoms with Gasteiger partial charge < -0.3 is 35.9 Å². The van der Waals surface area contributed by atoms with Crippen LogP contribution in [0, 0.1) is 0 Å². The molecule has 3 unspecified atom stereocenters. The van der Waals surface area contributed by atoms with E-state index in [0.29, 0.717) is 32.2 Å². The van der Waals surface area contributed by atoms with Crippen LogP contribution >= 0.6 is 0 Å². The van der Waals surface area contributed by atoms with Crippen molar-refractivity contribution in [2.45, 2.75) is 95.1 Å². The minimum absolute atomic E-state index is 0.0434. The maximum absolute atomic E-state index is 10.4. The second-order valence-corrected chi connectivity index (χ2v) is 7.62. The minimum Gasteiger partial charge on any atom is -0.480 e. The molecule has 9 heteroatoms. The molecule has 0 aromatic carbocycles. The first kappa shape index (κ1) is 25.8. The fraction of sp³-hybridized carbons (Fsp3) is 0.900. The van der Waals surface area contributed by atoms with Crippen LogP contribution in [0.2, 0.25) is 0 Å². The smallest absolute Gasteiger partial charge is 0.320 e. The van der Waals surface area contributed by atoms with Crippen molar-refractivity contribution in [1.82, 2.24) is 0 Å². The van der Waals surface area contributed by atoms with Crippen LogP contribution in [0.4, 0.5) is 0 Å². The summed E-state index contributed by atoms with van der Waals surface area (Å²) in [6, 6.07) is -1.41. The van der Waals surface area contributed by atoms with Gasteiger partial charge in [-0.15, -0.1) is 0 Å². The van der Waals surface area contributed by atoms with Crippen molar-refractivity contribution < 1.29 is 34.0 Å². The zero-order chi connectivity index (χ0) is 21.5. The molecule has 0 saturated carbocycles. The molecule has 0 spiro atoms. The Morgan fingerprint density at radius 2 is 1.34 bits per heavy atom. The van der Waals surface area contributed by atoms with E-state index in [1.54, 1.807) is 0 Å². The van der Waals surface area contributed by atoms with Gasteiger partial charge in [0.05, 0.1) is 19.3 Å². The van der Waals surface area contributed by atoms with Gasteiger partial charge in [-0.2, -0.15) is 0 Å². The lowest BCUT2D eigenvalue weighted by Crippen LogP contribution is -2.29. The molecule has 0 amide bonds. The number of hydrogen-bond donors (Lipinski definition) is 4. The maximum Gasteiger partial charge on any atom is 0.320 e. The van der Waals surface area contributed by atoms with E-state index < -0.39 is 24.0 Å². The van der Waals surface area contributed by atoms with Gasteiger partial charge in [0.2, 0.25) is 0 Å². The number of carbonyl (C=O) groups is 2. The van der Waals surface area contributed by atoms with Gasteiger partial charge in [-0.05, 0) is 44.9 Å². The monoisotopic (exact) mass is 418 g/mol. The molecule has 9 nitrogen and oxygen atoms in total. The molecule has 0 aromatic heterocycles. The highest BCUT2D eigenvalue weighted by Gasteiger charge is 2.16. The number of ether oxygens (including phenoxy) is 3. The molecule has 0 radical (unpaired) electrons. The molecular formula is C20H38N2O7. The quantitative estimate of drug-likeness (QED) is 0.328. The van der Waals surface area contributed by atoms with Crippen molar-refractivity contribution >= 4 is 11.9 Å². The summed E-state index contributed by atoms with van der Waals surface area (Å²) in [7, 11) is 0. The van der Waals surface area contributed by atoms with Crippen molar-refractivity contribution in [1.29, 1.82) is 0 Å². The average Bonchev–Trinajstić information content (AvgIpc) is 3.39. The van der Waals surface area contributed by atoms with E-state index in [9.17, 15) is 9.59 Å². The van der Waals surface area contributed by atoms with Crippen molar-refractivity contribution in [3.8, 4) is 0 Å². The first-order valence-corrected chi connectivity index (χ1v) is 10.7. The molecule has 2 aliphatic rings. The molecule has 3 atom stereocenters. The summed E-state index contributed by atoms with van der Waals surface area (Å²) < 4.78 is 16.0. The Morgan fingerprint density at radius 1 is 0.793 bits per heavy atom. The van der Waals surface area contributed by atoms with Crippen LogP contribution in [0.15, 0.2) is 0 Å². The molecule has 0 aromatic rings. The number of carboxylic acid groups (broad SMARTS) is 2. The van der Waals surface area contributed by atoms with Crippen LogP contribution in [0.25, 0.3) is 0 Å². The summed E-state index contributed by atoms with van der Waals surface area (Å²) >= 11 is 0. The lowest BCUT2D eigenvalue weighted by molar-refractivity contribution is -0.139. The van der Waals surface area contributed by atoms with Crippen molar-refractivity contribution in [2.75, 3.05) is 19.8 Å². The minimum atomic E-state index is -0.919. The van der Waals surface area contributed by atoms with E-state index in [0.717, 1.165) is 58.0 Å². The number of carboxylic acids is 2. The first-order chi connectivity index (χ1) is 13.9. The zero-order valence-corrected chi connectivity index (χ0v) is 17.3. The number of hydrogen-bond acceptors (Lipinski definition) is 7. The lowest BCUT2D eigenvalue weighted by Gasteiger charge is -2.09. The fourth-order valence-electron chi connectivity index (χ4n) is 3.28. The van der Waals surface area contributed by atoms with Gasteiger partial charge >= 0.3 is 11.9 Å². The highest BCUT2D eigenvalue weighted by molar-refractivity contribution is 5.73. The van der Waals surface area contributed by atoms with Crippen molar-refractivity contribution in [2.24, 2.45) is 11.5 Å². The van der Waals surface area contributed by atoms with E-state index in [2.05, 4.69) is 0 Å². The van der Waals surface area contributed by atoms with Crippen LogP contribution < -0.4 is 11.5 Å². The summed E-state index contributed by atoms with van der Waals surface area (Å²) in [6.07, 6.45) is 10.5. The molecule has 2 fully saturated rings. The second kappa shape index (κ2) is 15.6. The van der Waals surface area contributed by atoms with Gasteiger partial charge in [0.25, 0.3) is 0 Å². The Bertz CT molecular complexity index is 452. The first-order valence-electron chi connectivity index (χ1n) is 10.7. The topological polar surface area (TPSA) is 154 Å². The van der Waals surface area contributed by atoms with Gasteiger partial charge in [-0.3, -0.25) is 9.59 Å². The summed E-state index contributed by atoms with van der Waals surface area (Å²) in [4.78, 5) is 20.8. The van der Waals surface area contributed by atoms with Crippen molar-refractivity contribution in [3.05, 3.63) is 0 Å². The summed E-state index contributed by atoms with van der Waals surface area (Å²) in [6.45, 7) is 2.27. The Kier molecular flexibility index (Phi) is 13.8. The predicted molar refractivity (Wildman–Crippen MR) is 107 cm³/mol.